The number of rotatable bonds is 7. The van der Waals surface area contributed by atoms with Crippen LogP contribution in [0.1, 0.15) is 64.5 Å². The zero-order chi connectivity index (χ0) is 27.6. The normalized spacial score (nSPS) is 16.1. The van der Waals surface area contributed by atoms with Gasteiger partial charge in [0.1, 0.15) is 0 Å². The summed E-state index contributed by atoms with van der Waals surface area (Å²) in [7, 11) is 0. The van der Waals surface area contributed by atoms with Crippen molar-refractivity contribution in [2.75, 3.05) is 26.3 Å². The van der Waals surface area contributed by atoms with Crippen molar-refractivity contribution >= 4 is 29.2 Å². The van der Waals surface area contributed by atoms with Gasteiger partial charge in [-0.3, -0.25) is 19.2 Å². The molecule has 0 atom stereocenters. The number of morpholine rings is 1. The zero-order valence-corrected chi connectivity index (χ0v) is 24.6. The summed E-state index contributed by atoms with van der Waals surface area (Å²) in [5.74, 6) is -0.207. The second-order valence-electron chi connectivity index (χ2n) is 11.2. The van der Waals surface area contributed by atoms with E-state index in [4.69, 9.17) is 9.84 Å². The minimum absolute atomic E-state index is 0. The second kappa shape index (κ2) is 12.6. The number of nitrogens with one attached hydrogen (secondary N) is 2. The fourth-order valence-corrected chi connectivity index (χ4v) is 6.12. The lowest BCUT2D eigenvalue weighted by atomic mass is 9.98. The highest BCUT2D eigenvalue weighted by molar-refractivity contribution is 6.08. The number of H-pyrrole nitrogens is 1. The molecule has 1 amide bonds. The van der Waals surface area contributed by atoms with Crippen LogP contribution in [0.2, 0.25) is 0 Å². The second-order valence-corrected chi connectivity index (χ2v) is 11.2. The number of pyridine rings is 1. The minimum atomic E-state index is -0.207. The molecule has 216 valence electrons. The number of aromatic nitrogens is 3. The summed E-state index contributed by atoms with van der Waals surface area (Å²) in [5, 5.41) is 8.60. The van der Waals surface area contributed by atoms with Crippen LogP contribution in [0, 0.1) is 13.8 Å². The van der Waals surface area contributed by atoms with Crippen LogP contribution in [0.15, 0.2) is 53.5 Å². The van der Waals surface area contributed by atoms with Crippen molar-refractivity contribution in [1.82, 2.24) is 25.0 Å². The molecule has 6 rings (SSSR count). The maximum absolute atomic E-state index is 13.6. The lowest BCUT2D eigenvalue weighted by Gasteiger charge is -2.26. The summed E-state index contributed by atoms with van der Waals surface area (Å²) in [6, 6.07) is 15.0. The first-order valence-corrected chi connectivity index (χ1v) is 14.3. The van der Waals surface area contributed by atoms with E-state index in [-0.39, 0.29) is 30.4 Å². The molecule has 2 aromatic heterocycles. The lowest BCUT2D eigenvalue weighted by Crippen LogP contribution is -2.35. The maximum atomic E-state index is 13.6. The number of carbonyl (C=O) groups excluding carboxylic acids is 1. The van der Waals surface area contributed by atoms with Crippen molar-refractivity contribution in [2.24, 2.45) is 0 Å². The van der Waals surface area contributed by atoms with E-state index in [0.29, 0.717) is 17.2 Å². The van der Waals surface area contributed by atoms with Gasteiger partial charge in [0.05, 0.1) is 36.5 Å². The van der Waals surface area contributed by atoms with Crippen LogP contribution in [0.5, 0.6) is 0 Å². The number of halogens is 1. The van der Waals surface area contributed by atoms with Gasteiger partial charge < -0.3 is 15.0 Å². The Morgan fingerprint density at radius 2 is 1.78 bits per heavy atom. The highest BCUT2D eigenvalue weighted by Gasteiger charge is 2.23. The molecule has 4 aromatic rings. The number of benzene rings is 2. The smallest absolute Gasteiger partial charge is 0.253 e. The van der Waals surface area contributed by atoms with Crippen LogP contribution < -0.4 is 10.9 Å². The molecule has 1 aliphatic carbocycles. The SMILES string of the molecule is Cc1cc(C)c(CNC(=O)c2cc(-c3ccc(CN4CCOCC4)cc3)cc3c2cnn3C2CCCC2)c(=O)[nH]1.Cl. The van der Waals surface area contributed by atoms with Gasteiger partial charge in [0.2, 0.25) is 0 Å². The number of amides is 1. The largest absolute Gasteiger partial charge is 0.379 e. The Morgan fingerprint density at radius 1 is 1.05 bits per heavy atom. The third-order valence-corrected chi connectivity index (χ3v) is 8.35. The van der Waals surface area contributed by atoms with Gasteiger partial charge in [-0.2, -0.15) is 5.10 Å². The molecule has 9 heteroatoms. The van der Waals surface area contributed by atoms with Crippen LogP contribution in [-0.4, -0.2) is 51.9 Å². The third kappa shape index (κ3) is 6.25. The zero-order valence-electron chi connectivity index (χ0n) is 23.7. The van der Waals surface area contributed by atoms with Gasteiger partial charge in [0.15, 0.2) is 0 Å². The monoisotopic (exact) mass is 575 g/mol. The Morgan fingerprint density at radius 3 is 2.49 bits per heavy atom. The Hall–Kier alpha value is -3.46. The molecule has 0 spiro atoms. The quantitative estimate of drug-likeness (QED) is 0.312. The molecule has 1 aliphatic heterocycles. The van der Waals surface area contributed by atoms with E-state index in [0.717, 1.165) is 79.0 Å². The van der Waals surface area contributed by atoms with Gasteiger partial charge in [-0.25, -0.2) is 0 Å². The van der Waals surface area contributed by atoms with Crippen molar-refractivity contribution in [3.05, 3.63) is 87.0 Å². The number of hydrogen-bond donors (Lipinski definition) is 2. The van der Waals surface area contributed by atoms with Crippen molar-refractivity contribution in [3.63, 3.8) is 0 Å². The molecular formula is C32H38ClN5O3. The molecule has 2 N–H and O–H groups in total. The first-order valence-electron chi connectivity index (χ1n) is 14.3. The molecule has 41 heavy (non-hydrogen) atoms. The van der Waals surface area contributed by atoms with E-state index in [1.165, 1.54) is 18.4 Å². The fraction of sp³-hybridized carbons (Fsp3) is 0.406. The van der Waals surface area contributed by atoms with Crippen LogP contribution in [0.25, 0.3) is 22.0 Å². The lowest BCUT2D eigenvalue weighted by molar-refractivity contribution is 0.0342. The number of nitrogens with zero attached hydrogens (tertiary/aromatic N) is 3. The van der Waals surface area contributed by atoms with E-state index < -0.39 is 0 Å². The highest BCUT2D eigenvalue weighted by Crippen LogP contribution is 2.35. The van der Waals surface area contributed by atoms with Crippen LogP contribution >= 0.6 is 12.4 Å². The van der Waals surface area contributed by atoms with Gasteiger partial charge in [-0.1, -0.05) is 37.1 Å². The van der Waals surface area contributed by atoms with Gasteiger partial charge >= 0.3 is 0 Å². The molecule has 1 saturated heterocycles. The molecule has 0 bridgehead atoms. The van der Waals surface area contributed by atoms with E-state index >= 15 is 0 Å². The van der Waals surface area contributed by atoms with Gasteiger partial charge in [-0.15, -0.1) is 12.4 Å². The van der Waals surface area contributed by atoms with E-state index in [9.17, 15) is 9.59 Å². The van der Waals surface area contributed by atoms with Crippen LogP contribution in [-0.2, 0) is 17.8 Å². The average molecular weight is 576 g/mol. The first kappa shape index (κ1) is 29.0. The van der Waals surface area contributed by atoms with Gasteiger partial charge in [-0.05, 0) is 67.1 Å². The Bertz CT molecular complexity index is 1580. The summed E-state index contributed by atoms with van der Waals surface area (Å²) in [6.45, 7) is 8.31. The summed E-state index contributed by atoms with van der Waals surface area (Å²) < 4.78 is 7.60. The molecule has 2 aliphatic rings. The van der Waals surface area contributed by atoms with Crippen molar-refractivity contribution in [2.45, 2.75) is 58.7 Å². The summed E-state index contributed by atoms with van der Waals surface area (Å²) >= 11 is 0. The van der Waals surface area contributed by atoms with Gasteiger partial charge in [0.25, 0.3) is 11.5 Å². The predicted molar refractivity (Wildman–Crippen MR) is 164 cm³/mol. The average Bonchev–Trinajstić information content (AvgIpc) is 3.63. The Balaban J connectivity index is 0.00000337. The minimum Gasteiger partial charge on any atom is -0.379 e. The third-order valence-electron chi connectivity index (χ3n) is 8.35. The summed E-state index contributed by atoms with van der Waals surface area (Å²) in [4.78, 5) is 31.4. The Kier molecular flexibility index (Phi) is 8.92. The van der Waals surface area contributed by atoms with E-state index in [1.807, 2.05) is 32.2 Å². The molecule has 8 nitrogen and oxygen atoms in total. The number of carbonyl (C=O) groups is 1. The van der Waals surface area contributed by atoms with Crippen LogP contribution in [0.3, 0.4) is 0 Å². The molecule has 0 radical (unpaired) electrons. The van der Waals surface area contributed by atoms with E-state index in [2.05, 4.69) is 50.2 Å². The first-order chi connectivity index (χ1) is 19.5. The van der Waals surface area contributed by atoms with E-state index in [1.54, 1.807) is 0 Å². The molecule has 2 aromatic carbocycles. The number of aryl methyl sites for hydroxylation is 2. The molecule has 2 fully saturated rings. The molecular weight excluding hydrogens is 538 g/mol. The summed E-state index contributed by atoms with van der Waals surface area (Å²) in [6.07, 6.45) is 6.44. The van der Waals surface area contributed by atoms with Gasteiger partial charge in [0, 0.05) is 42.8 Å². The number of fused-ring (bicyclic) bond motifs is 1. The topological polar surface area (TPSA) is 92.2 Å². The Labute approximate surface area is 246 Å². The van der Waals surface area contributed by atoms with Crippen molar-refractivity contribution in [3.8, 4) is 11.1 Å². The standard InChI is InChI=1S/C32H37N5O3.ClH/c1-21-15-22(2)35-32(39)28(21)18-33-31(38)27-16-25(17-30-29(27)19-34-37(30)26-5-3-4-6-26)24-9-7-23(8-10-24)20-36-11-13-40-14-12-36;/h7-10,15-17,19,26H,3-6,11-14,18,20H2,1-2H3,(H,33,38)(H,35,39);1H. The molecule has 0 unspecified atom stereocenters. The van der Waals surface area contributed by atoms with Crippen LogP contribution in [0.4, 0.5) is 0 Å². The number of hydrogen-bond acceptors (Lipinski definition) is 5. The van der Waals surface area contributed by atoms with Crippen molar-refractivity contribution < 1.29 is 9.53 Å². The number of ether oxygens (including phenoxy) is 1. The maximum Gasteiger partial charge on any atom is 0.253 e. The predicted octanol–water partition coefficient (Wildman–Crippen LogP) is 5.31. The summed E-state index contributed by atoms with van der Waals surface area (Å²) in [5.41, 5.74) is 6.96. The number of aromatic amines is 1. The fourth-order valence-electron chi connectivity index (χ4n) is 6.12. The van der Waals surface area contributed by atoms with Crippen molar-refractivity contribution in [1.29, 1.82) is 0 Å². The molecule has 3 heterocycles. The highest BCUT2D eigenvalue weighted by atomic mass is 35.5. The molecule has 1 saturated carbocycles.